The highest BCUT2D eigenvalue weighted by Crippen LogP contribution is 2.33. The van der Waals surface area contributed by atoms with Crippen LogP contribution in [0.5, 0.6) is 0 Å². The quantitative estimate of drug-likeness (QED) is 0.452. The minimum absolute atomic E-state index is 0.0497. The van der Waals surface area contributed by atoms with Crippen molar-refractivity contribution in [2.45, 2.75) is 77.9 Å². The number of nitrogens with two attached hydrogens (primary N) is 1. The number of aromatic carboxylic acids is 1. The number of aromatic nitrogens is 3. The van der Waals surface area contributed by atoms with Gasteiger partial charge in [0, 0.05) is 12.4 Å². The molecule has 0 saturated carbocycles. The topological polar surface area (TPSA) is 94.0 Å². The lowest BCUT2D eigenvalue weighted by Crippen LogP contribution is -2.19. The van der Waals surface area contributed by atoms with Crippen LogP contribution in [0.2, 0.25) is 0 Å². The number of nitrogens with zero attached hydrogens (tertiary/aromatic N) is 3. The number of rotatable bonds is 11. The Balaban J connectivity index is 0.000000373. The highest BCUT2D eigenvalue weighted by molar-refractivity contribution is 5.88. The Labute approximate surface area is 181 Å². The molecule has 0 amide bonds. The van der Waals surface area contributed by atoms with E-state index in [1.165, 1.54) is 76.9 Å². The Kier molecular flexibility index (Phi) is 11.8. The smallest absolute Gasteiger partial charge is 0.431 e. The van der Waals surface area contributed by atoms with Crippen LogP contribution in [0.15, 0.2) is 24.7 Å². The first-order chi connectivity index (χ1) is 14.7. The number of aryl methyl sites for hydroxylation is 1. The second-order valence-corrected chi connectivity index (χ2v) is 7.41. The monoisotopic (exact) mass is 442 g/mol. The maximum absolute atomic E-state index is 13.0. The molecular weight excluding hydrogens is 409 g/mol. The second-order valence-electron chi connectivity index (χ2n) is 7.41. The third kappa shape index (κ3) is 9.50. The minimum atomic E-state index is -4.64. The van der Waals surface area contributed by atoms with Gasteiger partial charge in [0.1, 0.15) is 11.4 Å². The summed E-state index contributed by atoms with van der Waals surface area (Å²) >= 11 is 0. The first kappa shape index (κ1) is 26.6. The number of hydrogen-bond donors (Lipinski definition) is 2. The molecule has 3 N–H and O–H groups in total. The van der Waals surface area contributed by atoms with Gasteiger partial charge in [-0.3, -0.25) is 9.97 Å². The number of alkyl halides is 3. The highest BCUT2D eigenvalue weighted by atomic mass is 19.4. The summed E-state index contributed by atoms with van der Waals surface area (Å²) in [6.45, 7) is 4.15. The zero-order valence-electron chi connectivity index (χ0n) is 18.3. The lowest BCUT2D eigenvalue weighted by atomic mass is 10.1. The van der Waals surface area contributed by atoms with Gasteiger partial charge in [0.15, 0.2) is 0 Å². The van der Waals surface area contributed by atoms with E-state index in [1.54, 1.807) is 0 Å². The largest absolute Gasteiger partial charge is 0.477 e. The fourth-order valence-corrected chi connectivity index (χ4v) is 3.22. The van der Waals surface area contributed by atoms with Crippen molar-refractivity contribution in [1.29, 1.82) is 0 Å². The number of unbranched alkanes of at least 4 members (excludes halogenated alkanes) is 7. The molecule has 2 aromatic heterocycles. The molecule has 6 nitrogen and oxygen atoms in total. The van der Waals surface area contributed by atoms with E-state index in [0.29, 0.717) is 4.57 Å². The molecule has 0 saturated heterocycles. The van der Waals surface area contributed by atoms with Crippen molar-refractivity contribution >= 4 is 5.97 Å². The molecule has 174 valence electrons. The molecule has 2 aromatic rings. The van der Waals surface area contributed by atoms with Gasteiger partial charge in [0.25, 0.3) is 0 Å². The zero-order chi connectivity index (χ0) is 23.3. The molecule has 9 heteroatoms. The molecule has 2 rings (SSSR count). The van der Waals surface area contributed by atoms with Crippen LogP contribution in [0.25, 0.3) is 0 Å². The van der Waals surface area contributed by atoms with E-state index < -0.39 is 23.5 Å². The van der Waals surface area contributed by atoms with Crippen molar-refractivity contribution in [3.63, 3.8) is 0 Å². The SMILES string of the molecule is CCCCCCCCCCN.Cc1cc(C(F)(F)F)n(Cc2cnccn2)c1C(=O)O. The van der Waals surface area contributed by atoms with Crippen LogP contribution in [-0.2, 0) is 12.7 Å². The standard InChI is InChI=1S/C12H10F3N3O2.C10H23N/c1-7-4-9(12(13,14)15)18(10(7)11(19)20)6-8-5-16-2-3-17-8;1-2-3-4-5-6-7-8-9-10-11/h2-5H,6H2,1H3,(H,19,20);2-11H2,1H3. The lowest BCUT2D eigenvalue weighted by Gasteiger charge is -2.13. The van der Waals surface area contributed by atoms with Gasteiger partial charge < -0.3 is 15.4 Å². The van der Waals surface area contributed by atoms with Gasteiger partial charge in [0.05, 0.1) is 18.4 Å². The van der Waals surface area contributed by atoms with Crippen molar-refractivity contribution in [2.24, 2.45) is 5.73 Å². The predicted octanol–water partition coefficient (Wildman–Crippen LogP) is 5.44. The van der Waals surface area contributed by atoms with E-state index in [2.05, 4.69) is 16.9 Å². The summed E-state index contributed by atoms with van der Waals surface area (Å²) in [5, 5.41) is 9.08. The maximum Gasteiger partial charge on any atom is 0.431 e. The molecule has 0 fully saturated rings. The van der Waals surface area contributed by atoms with Crippen LogP contribution in [0.1, 0.15) is 85.7 Å². The molecule has 0 aromatic carbocycles. The molecule has 2 heterocycles. The average molecular weight is 443 g/mol. The molecule has 31 heavy (non-hydrogen) atoms. The molecule has 0 aliphatic carbocycles. The van der Waals surface area contributed by atoms with Crippen molar-refractivity contribution in [3.05, 3.63) is 47.3 Å². The molecule has 0 spiro atoms. The van der Waals surface area contributed by atoms with E-state index in [-0.39, 0.29) is 17.8 Å². The highest BCUT2D eigenvalue weighted by Gasteiger charge is 2.37. The first-order valence-electron chi connectivity index (χ1n) is 10.7. The molecular formula is C22H33F3N4O2. The third-order valence-electron chi connectivity index (χ3n) is 4.77. The van der Waals surface area contributed by atoms with Crippen molar-refractivity contribution in [2.75, 3.05) is 6.54 Å². The number of carboxylic acids is 1. The van der Waals surface area contributed by atoms with Crippen LogP contribution in [-0.4, -0.2) is 32.2 Å². The minimum Gasteiger partial charge on any atom is -0.477 e. The van der Waals surface area contributed by atoms with Crippen LogP contribution >= 0.6 is 0 Å². The van der Waals surface area contributed by atoms with E-state index in [4.69, 9.17) is 10.8 Å². The van der Waals surface area contributed by atoms with Gasteiger partial charge >= 0.3 is 12.1 Å². The van der Waals surface area contributed by atoms with Gasteiger partial charge in [-0.15, -0.1) is 0 Å². The fourth-order valence-electron chi connectivity index (χ4n) is 3.22. The summed E-state index contributed by atoms with van der Waals surface area (Å²) in [4.78, 5) is 18.8. The van der Waals surface area contributed by atoms with Crippen LogP contribution in [0.3, 0.4) is 0 Å². The normalized spacial score (nSPS) is 11.2. The summed E-state index contributed by atoms with van der Waals surface area (Å²) in [6, 6.07) is 0.819. The molecule has 0 bridgehead atoms. The van der Waals surface area contributed by atoms with Crippen LogP contribution < -0.4 is 5.73 Å². The van der Waals surface area contributed by atoms with Crippen molar-refractivity contribution in [3.8, 4) is 0 Å². The van der Waals surface area contributed by atoms with Gasteiger partial charge in [0.2, 0.25) is 0 Å². The van der Waals surface area contributed by atoms with Crippen LogP contribution in [0, 0.1) is 6.92 Å². The first-order valence-corrected chi connectivity index (χ1v) is 10.7. The molecule has 0 radical (unpaired) electrons. The van der Waals surface area contributed by atoms with E-state index >= 15 is 0 Å². The van der Waals surface area contributed by atoms with E-state index in [9.17, 15) is 18.0 Å². The van der Waals surface area contributed by atoms with Gasteiger partial charge in [-0.25, -0.2) is 4.79 Å². The maximum atomic E-state index is 13.0. The fraction of sp³-hybridized carbons (Fsp3) is 0.591. The summed E-state index contributed by atoms with van der Waals surface area (Å²) in [7, 11) is 0. The summed E-state index contributed by atoms with van der Waals surface area (Å²) in [5.41, 5.74) is 4.27. The number of hydrogen-bond acceptors (Lipinski definition) is 4. The number of halogens is 3. The number of carboxylic acid groups (broad SMARTS) is 1. The lowest BCUT2D eigenvalue weighted by molar-refractivity contribution is -0.143. The summed E-state index contributed by atoms with van der Waals surface area (Å²) in [6.07, 6.45) is 10.4. The Morgan fingerprint density at radius 2 is 1.71 bits per heavy atom. The van der Waals surface area contributed by atoms with Crippen LogP contribution in [0.4, 0.5) is 13.2 Å². The Bertz CT molecular complexity index is 769. The Morgan fingerprint density at radius 3 is 2.19 bits per heavy atom. The zero-order valence-corrected chi connectivity index (χ0v) is 18.3. The predicted molar refractivity (Wildman–Crippen MR) is 114 cm³/mol. The van der Waals surface area contributed by atoms with E-state index in [1.807, 2.05) is 0 Å². The summed E-state index contributed by atoms with van der Waals surface area (Å²) < 4.78 is 39.6. The Hall–Kier alpha value is -2.42. The molecule has 0 aliphatic rings. The summed E-state index contributed by atoms with van der Waals surface area (Å²) in [5.74, 6) is -1.41. The third-order valence-corrected chi connectivity index (χ3v) is 4.77. The van der Waals surface area contributed by atoms with Gasteiger partial charge in [-0.1, -0.05) is 51.9 Å². The molecule has 0 atom stereocenters. The van der Waals surface area contributed by atoms with Gasteiger partial charge in [-0.2, -0.15) is 13.2 Å². The number of carbonyl (C=O) groups is 1. The molecule has 0 aliphatic heterocycles. The van der Waals surface area contributed by atoms with Crippen molar-refractivity contribution in [1.82, 2.24) is 14.5 Å². The second kappa shape index (κ2) is 13.8. The van der Waals surface area contributed by atoms with Crippen molar-refractivity contribution < 1.29 is 23.1 Å². The Morgan fingerprint density at radius 1 is 1.10 bits per heavy atom. The average Bonchev–Trinajstić information content (AvgIpc) is 3.05. The van der Waals surface area contributed by atoms with Gasteiger partial charge in [-0.05, 0) is 31.5 Å². The molecule has 0 unspecified atom stereocenters. The van der Waals surface area contributed by atoms with E-state index in [0.717, 1.165) is 12.6 Å².